The van der Waals surface area contributed by atoms with Crippen molar-refractivity contribution in [2.24, 2.45) is 11.5 Å². The second kappa shape index (κ2) is 5.33. The zero-order valence-electron chi connectivity index (χ0n) is 9.84. The first-order chi connectivity index (χ1) is 8.20. The Labute approximate surface area is 101 Å². The van der Waals surface area contributed by atoms with Gasteiger partial charge in [0.2, 0.25) is 5.91 Å². The Morgan fingerprint density at radius 2 is 2.35 bits per heavy atom. The van der Waals surface area contributed by atoms with E-state index in [2.05, 4.69) is 4.90 Å². The first kappa shape index (κ1) is 12.1. The highest BCUT2D eigenvalue weighted by Crippen LogP contribution is 2.30. The number of amides is 1. The number of carbonyl (C=O) groups excluding carboxylic acids is 1. The monoisotopic (exact) mass is 237 g/mol. The smallest absolute Gasteiger partial charge is 0.219 e. The molecule has 0 aliphatic heterocycles. The van der Waals surface area contributed by atoms with Gasteiger partial charge < -0.3 is 15.9 Å². The molecule has 1 heterocycles. The Morgan fingerprint density at radius 3 is 2.82 bits per heavy atom. The fraction of sp³-hybridized carbons (Fsp3) is 0.583. The van der Waals surface area contributed by atoms with Gasteiger partial charge in [-0.2, -0.15) is 0 Å². The lowest BCUT2D eigenvalue weighted by atomic mass is 10.1. The van der Waals surface area contributed by atoms with Gasteiger partial charge in [0.25, 0.3) is 0 Å². The summed E-state index contributed by atoms with van der Waals surface area (Å²) in [6.45, 7) is 1.15. The van der Waals surface area contributed by atoms with Gasteiger partial charge in [0, 0.05) is 25.0 Å². The highest BCUT2D eigenvalue weighted by molar-refractivity contribution is 5.74. The van der Waals surface area contributed by atoms with E-state index in [1.807, 2.05) is 12.1 Å². The van der Waals surface area contributed by atoms with Gasteiger partial charge in [-0.15, -0.1) is 0 Å². The topological polar surface area (TPSA) is 85.5 Å². The van der Waals surface area contributed by atoms with Crippen LogP contribution in [0.15, 0.2) is 22.8 Å². The van der Waals surface area contributed by atoms with Crippen LogP contribution in [0, 0.1) is 0 Å². The molecule has 1 aliphatic carbocycles. The van der Waals surface area contributed by atoms with Crippen molar-refractivity contribution in [3.05, 3.63) is 24.2 Å². The number of nitrogens with two attached hydrogens (primary N) is 2. The zero-order chi connectivity index (χ0) is 12.3. The SMILES string of the molecule is NCC(CC(N)=O)N(Cc1ccco1)C1CC1. The lowest BCUT2D eigenvalue weighted by Gasteiger charge is -2.29. The number of nitrogens with zero attached hydrogens (tertiary/aromatic N) is 1. The van der Waals surface area contributed by atoms with Crippen molar-refractivity contribution < 1.29 is 9.21 Å². The summed E-state index contributed by atoms with van der Waals surface area (Å²) in [4.78, 5) is 13.3. The first-order valence-corrected chi connectivity index (χ1v) is 5.97. The summed E-state index contributed by atoms with van der Waals surface area (Å²) in [6, 6.07) is 4.34. The van der Waals surface area contributed by atoms with E-state index in [1.165, 1.54) is 0 Å². The minimum Gasteiger partial charge on any atom is -0.468 e. The van der Waals surface area contributed by atoms with Gasteiger partial charge in [0.1, 0.15) is 5.76 Å². The van der Waals surface area contributed by atoms with Crippen molar-refractivity contribution in [1.82, 2.24) is 4.90 Å². The molecular weight excluding hydrogens is 218 g/mol. The van der Waals surface area contributed by atoms with Crippen molar-refractivity contribution in [2.45, 2.75) is 37.9 Å². The molecule has 1 atom stereocenters. The fourth-order valence-corrected chi connectivity index (χ4v) is 2.11. The maximum absolute atomic E-state index is 11.0. The first-order valence-electron chi connectivity index (χ1n) is 5.97. The molecule has 0 spiro atoms. The van der Waals surface area contributed by atoms with Gasteiger partial charge in [0.15, 0.2) is 0 Å². The molecule has 17 heavy (non-hydrogen) atoms. The van der Waals surface area contributed by atoms with Crippen molar-refractivity contribution in [3.63, 3.8) is 0 Å². The Balaban J connectivity index is 2.02. The van der Waals surface area contributed by atoms with Crippen LogP contribution in [0.5, 0.6) is 0 Å². The van der Waals surface area contributed by atoms with Gasteiger partial charge in [-0.3, -0.25) is 9.69 Å². The third-order valence-electron chi connectivity index (χ3n) is 3.11. The largest absolute Gasteiger partial charge is 0.468 e. The standard InChI is InChI=1S/C12H19N3O2/c13-7-10(6-12(14)16)15(9-3-4-9)8-11-2-1-5-17-11/h1-2,5,9-10H,3-4,6-8,13H2,(H2,14,16). The van der Waals surface area contributed by atoms with E-state index in [9.17, 15) is 4.79 Å². The molecule has 1 fully saturated rings. The summed E-state index contributed by atoms with van der Waals surface area (Å²) in [5.41, 5.74) is 11.0. The lowest BCUT2D eigenvalue weighted by molar-refractivity contribution is -0.119. The van der Waals surface area contributed by atoms with Crippen LogP contribution in [0.2, 0.25) is 0 Å². The molecule has 5 heteroatoms. The fourth-order valence-electron chi connectivity index (χ4n) is 2.11. The summed E-state index contributed by atoms with van der Waals surface area (Å²) in [7, 11) is 0. The van der Waals surface area contributed by atoms with E-state index in [4.69, 9.17) is 15.9 Å². The molecule has 1 aromatic rings. The highest BCUT2D eigenvalue weighted by atomic mass is 16.3. The van der Waals surface area contributed by atoms with E-state index >= 15 is 0 Å². The highest BCUT2D eigenvalue weighted by Gasteiger charge is 2.34. The van der Waals surface area contributed by atoms with E-state index in [0.29, 0.717) is 25.6 Å². The average Bonchev–Trinajstić information content (AvgIpc) is 3.01. The van der Waals surface area contributed by atoms with Crippen LogP contribution < -0.4 is 11.5 Å². The van der Waals surface area contributed by atoms with Gasteiger partial charge in [-0.05, 0) is 25.0 Å². The van der Waals surface area contributed by atoms with Crippen molar-refractivity contribution in [3.8, 4) is 0 Å². The lowest BCUT2D eigenvalue weighted by Crippen LogP contribution is -2.43. The Morgan fingerprint density at radius 1 is 1.59 bits per heavy atom. The van der Waals surface area contributed by atoms with Crippen molar-refractivity contribution in [2.75, 3.05) is 6.54 Å². The summed E-state index contributed by atoms with van der Waals surface area (Å²) in [5, 5.41) is 0. The van der Waals surface area contributed by atoms with E-state index in [0.717, 1.165) is 18.6 Å². The second-order valence-electron chi connectivity index (χ2n) is 4.54. The molecule has 0 saturated heterocycles. The van der Waals surface area contributed by atoms with Crippen molar-refractivity contribution in [1.29, 1.82) is 0 Å². The Kier molecular flexibility index (Phi) is 3.81. The number of hydrogen-bond acceptors (Lipinski definition) is 4. The zero-order valence-corrected chi connectivity index (χ0v) is 9.84. The van der Waals surface area contributed by atoms with E-state index < -0.39 is 0 Å². The van der Waals surface area contributed by atoms with Gasteiger partial charge in [-0.1, -0.05) is 0 Å². The van der Waals surface area contributed by atoms with Crippen LogP contribution in [0.3, 0.4) is 0 Å². The van der Waals surface area contributed by atoms with Crippen LogP contribution in [0.25, 0.3) is 0 Å². The molecule has 1 saturated carbocycles. The number of primary amides is 1. The molecule has 5 nitrogen and oxygen atoms in total. The Hall–Kier alpha value is -1.33. The molecule has 94 valence electrons. The molecule has 0 aromatic carbocycles. The van der Waals surface area contributed by atoms with Crippen LogP contribution in [0.4, 0.5) is 0 Å². The third kappa shape index (κ3) is 3.31. The molecule has 2 rings (SSSR count). The third-order valence-corrected chi connectivity index (χ3v) is 3.11. The maximum atomic E-state index is 11.0. The number of furan rings is 1. The van der Waals surface area contributed by atoms with Gasteiger partial charge in [-0.25, -0.2) is 0 Å². The molecule has 1 aromatic heterocycles. The van der Waals surface area contributed by atoms with E-state index in [1.54, 1.807) is 6.26 Å². The predicted octanol–water partition coefficient (Wildman–Crippen LogP) is 0.447. The van der Waals surface area contributed by atoms with Gasteiger partial charge in [0.05, 0.1) is 12.8 Å². The number of rotatable bonds is 7. The van der Waals surface area contributed by atoms with Crippen LogP contribution in [0.1, 0.15) is 25.0 Å². The van der Waals surface area contributed by atoms with Crippen LogP contribution in [-0.4, -0.2) is 29.4 Å². The van der Waals surface area contributed by atoms with E-state index in [-0.39, 0.29) is 11.9 Å². The minimum atomic E-state index is -0.300. The summed E-state index contributed by atoms with van der Waals surface area (Å²) < 4.78 is 5.34. The number of carbonyl (C=O) groups is 1. The maximum Gasteiger partial charge on any atom is 0.219 e. The minimum absolute atomic E-state index is 0.0186. The molecule has 0 radical (unpaired) electrons. The summed E-state index contributed by atoms with van der Waals surface area (Å²) >= 11 is 0. The van der Waals surface area contributed by atoms with Crippen LogP contribution >= 0.6 is 0 Å². The quantitative estimate of drug-likeness (QED) is 0.721. The summed E-state index contributed by atoms with van der Waals surface area (Å²) in [6.07, 6.45) is 4.30. The normalized spacial score (nSPS) is 17.3. The molecule has 4 N–H and O–H groups in total. The molecule has 1 aliphatic rings. The summed E-state index contributed by atoms with van der Waals surface area (Å²) in [5.74, 6) is 0.602. The molecule has 1 unspecified atom stereocenters. The van der Waals surface area contributed by atoms with Gasteiger partial charge >= 0.3 is 0 Å². The number of hydrogen-bond donors (Lipinski definition) is 2. The van der Waals surface area contributed by atoms with Crippen molar-refractivity contribution >= 4 is 5.91 Å². The molecule has 0 bridgehead atoms. The second-order valence-corrected chi connectivity index (χ2v) is 4.54. The molecule has 1 amide bonds. The van der Waals surface area contributed by atoms with Crippen LogP contribution in [-0.2, 0) is 11.3 Å². The predicted molar refractivity (Wildman–Crippen MR) is 63.9 cm³/mol. The molecular formula is C12H19N3O2. The average molecular weight is 237 g/mol. The Bertz CT molecular complexity index is 360.